The summed E-state index contributed by atoms with van der Waals surface area (Å²) in [7, 11) is 1.89. The Balaban J connectivity index is 1.48. The van der Waals surface area contributed by atoms with Crippen molar-refractivity contribution >= 4 is 10.9 Å². The monoisotopic (exact) mass is 454 g/mol. The Morgan fingerprint density at radius 2 is 1.94 bits per heavy atom. The summed E-state index contributed by atoms with van der Waals surface area (Å²) in [5, 5.41) is 8.94. The average molecular weight is 455 g/mol. The number of aryl methyl sites for hydroxylation is 2. The van der Waals surface area contributed by atoms with Crippen LogP contribution in [0.2, 0.25) is 0 Å². The molecular formula is C25H26N8O. The minimum absolute atomic E-state index is 0.115. The normalized spacial score (nSPS) is 13.9. The summed E-state index contributed by atoms with van der Waals surface area (Å²) in [6, 6.07) is 9.83. The number of benzene rings is 1. The van der Waals surface area contributed by atoms with Gasteiger partial charge in [0.1, 0.15) is 12.0 Å². The molecule has 0 amide bonds. The van der Waals surface area contributed by atoms with Gasteiger partial charge >= 0.3 is 0 Å². The van der Waals surface area contributed by atoms with Crippen LogP contribution in [0.25, 0.3) is 33.9 Å². The highest BCUT2D eigenvalue weighted by Gasteiger charge is 2.26. The molecule has 5 aromatic rings. The minimum atomic E-state index is -0.115. The van der Waals surface area contributed by atoms with Crippen LogP contribution in [0.15, 0.2) is 54.0 Å². The molecule has 0 saturated heterocycles. The van der Waals surface area contributed by atoms with Crippen LogP contribution in [0.3, 0.4) is 0 Å². The van der Waals surface area contributed by atoms with Crippen molar-refractivity contribution in [3.8, 4) is 23.0 Å². The summed E-state index contributed by atoms with van der Waals surface area (Å²) in [5.74, 6) is 1.80. The van der Waals surface area contributed by atoms with Crippen molar-refractivity contribution in [1.29, 1.82) is 0 Å². The molecule has 0 spiro atoms. The second-order valence-electron chi connectivity index (χ2n) is 9.31. The molecule has 9 nitrogen and oxygen atoms in total. The number of rotatable bonds is 5. The van der Waals surface area contributed by atoms with Gasteiger partial charge in [0.15, 0.2) is 11.6 Å². The Bertz CT molecular complexity index is 1590. The number of nitrogens with zero attached hydrogens (tertiary/aromatic N) is 8. The van der Waals surface area contributed by atoms with Crippen LogP contribution in [-0.2, 0) is 7.05 Å². The standard InChI is InChI=1S/C25H26N8O/c1-15(2)32-14-27-29-24(32)19-6-5-7-23(28-19)33-25(34)18-11-21(16(3)10-22(18)30(33)4)31-12-20(26-13-31)17-8-9-17/h5-7,10-15,17H,8-9H2,1-4H3. The van der Waals surface area contributed by atoms with Crippen molar-refractivity contribution in [2.45, 2.75) is 45.6 Å². The predicted octanol–water partition coefficient (Wildman–Crippen LogP) is 3.94. The van der Waals surface area contributed by atoms with Crippen LogP contribution in [-0.4, -0.2) is 38.7 Å². The molecule has 9 heteroatoms. The highest BCUT2D eigenvalue weighted by atomic mass is 16.1. The highest BCUT2D eigenvalue weighted by Crippen LogP contribution is 2.39. The Hall–Kier alpha value is -4.01. The largest absolute Gasteiger partial charge is 0.310 e. The maximum absolute atomic E-state index is 13.6. The molecule has 0 bridgehead atoms. The SMILES string of the molecule is Cc1cc2c(cc1-n1cnc(C3CC3)c1)c(=O)n(-c1cccc(-c3nncn3C(C)C)n1)n2C. The molecule has 1 saturated carbocycles. The lowest BCUT2D eigenvalue weighted by Crippen LogP contribution is -2.20. The molecule has 6 rings (SSSR count). The van der Waals surface area contributed by atoms with Crippen LogP contribution in [0, 0.1) is 6.92 Å². The zero-order valence-electron chi connectivity index (χ0n) is 19.7. The molecule has 0 aliphatic heterocycles. The number of hydrogen-bond donors (Lipinski definition) is 0. The van der Waals surface area contributed by atoms with Crippen molar-refractivity contribution in [2.75, 3.05) is 0 Å². The molecular weight excluding hydrogens is 428 g/mol. The molecule has 1 aliphatic carbocycles. The van der Waals surface area contributed by atoms with Gasteiger partial charge in [0.05, 0.1) is 28.6 Å². The summed E-state index contributed by atoms with van der Waals surface area (Å²) in [6.07, 6.45) is 8.05. The second-order valence-corrected chi connectivity index (χ2v) is 9.31. The molecule has 0 N–H and O–H groups in total. The smallest absolute Gasteiger partial charge is 0.280 e. The molecule has 0 unspecified atom stereocenters. The Kier molecular flexibility index (Phi) is 4.55. The van der Waals surface area contributed by atoms with Crippen molar-refractivity contribution in [3.63, 3.8) is 0 Å². The van der Waals surface area contributed by atoms with Gasteiger partial charge in [-0.1, -0.05) is 6.07 Å². The topological polar surface area (TPSA) is 88.3 Å². The summed E-state index contributed by atoms with van der Waals surface area (Å²) in [5.41, 5.74) is 4.58. The van der Waals surface area contributed by atoms with E-state index < -0.39 is 0 Å². The van der Waals surface area contributed by atoms with Crippen LogP contribution >= 0.6 is 0 Å². The van der Waals surface area contributed by atoms with Gasteiger partial charge < -0.3 is 9.13 Å². The van der Waals surface area contributed by atoms with E-state index in [0.29, 0.717) is 28.6 Å². The van der Waals surface area contributed by atoms with Crippen molar-refractivity contribution < 1.29 is 0 Å². The van der Waals surface area contributed by atoms with Crippen molar-refractivity contribution in [1.82, 2.24) is 38.7 Å². The molecule has 1 aliphatic rings. The number of aromatic nitrogens is 8. The van der Waals surface area contributed by atoms with Crippen LogP contribution in [0.1, 0.15) is 49.9 Å². The number of fused-ring (bicyclic) bond motifs is 1. The van der Waals surface area contributed by atoms with E-state index in [1.807, 2.05) is 51.5 Å². The molecule has 4 heterocycles. The maximum Gasteiger partial charge on any atom is 0.280 e. The third kappa shape index (κ3) is 3.19. The Morgan fingerprint density at radius 3 is 2.71 bits per heavy atom. The molecule has 0 atom stereocenters. The van der Waals surface area contributed by atoms with E-state index in [4.69, 9.17) is 4.98 Å². The summed E-state index contributed by atoms with van der Waals surface area (Å²) in [4.78, 5) is 22.9. The van der Waals surface area contributed by atoms with Gasteiger partial charge in [0.25, 0.3) is 5.56 Å². The lowest BCUT2D eigenvalue weighted by molar-refractivity contribution is 0.602. The van der Waals surface area contributed by atoms with E-state index in [-0.39, 0.29) is 11.6 Å². The van der Waals surface area contributed by atoms with Gasteiger partial charge in [-0.3, -0.25) is 9.48 Å². The fourth-order valence-corrected chi connectivity index (χ4v) is 4.54. The second kappa shape index (κ2) is 7.51. The molecule has 0 radical (unpaired) electrons. The molecule has 34 heavy (non-hydrogen) atoms. The third-order valence-corrected chi connectivity index (χ3v) is 6.57. The first-order valence-corrected chi connectivity index (χ1v) is 11.6. The first-order valence-electron chi connectivity index (χ1n) is 11.6. The lowest BCUT2D eigenvalue weighted by Gasteiger charge is -2.11. The minimum Gasteiger partial charge on any atom is -0.310 e. The van der Waals surface area contributed by atoms with Crippen LogP contribution in [0.4, 0.5) is 0 Å². The molecule has 4 aromatic heterocycles. The first kappa shape index (κ1) is 20.6. The third-order valence-electron chi connectivity index (χ3n) is 6.57. The van der Waals surface area contributed by atoms with Crippen LogP contribution in [0.5, 0.6) is 0 Å². The highest BCUT2D eigenvalue weighted by molar-refractivity contribution is 5.83. The van der Waals surface area contributed by atoms with Gasteiger partial charge in [0, 0.05) is 25.2 Å². The van der Waals surface area contributed by atoms with E-state index in [2.05, 4.69) is 48.2 Å². The predicted molar refractivity (Wildman–Crippen MR) is 130 cm³/mol. The summed E-state index contributed by atoms with van der Waals surface area (Å²) < 4.78 is 7.46. The van der Waals surface area contributed by atoms with Gasteiger partial charge in [-0.2, -0.15) is 4.68 Å². The summed E-state index contributed by atoms with van der Waals surface area (Å²) in [6.45, 7) is 6.20. The van der Waals surface area contributed by atoms with Crippen molar-refractivity contribution in [2.24, 2.45) is 7.05 Å². The van der Waals surface area contributed by atoms with E-state index in [9.17, 15) is 4.79 Å². The zero-order chi connectivity index (χ0) is 23.6. The van der Waals surface area contributed by atoms with Crippen molar-refractivity contribution in [3.05, 3.63) is 70.8 Å². The molecule has 1 aromatic carbocycles. The molecule has 1 fully saturated rings. The van der Waals surface area contributed by atoms with Gasteiger partial charge in [-0.05, 0) is 63.4 Å². The van der Waals surface area contributed by atoms with Gasteiger partial charge in [-0.15, -0.1) is 10.2 Å². The van der Waals surface area contributed by atoms with Crippen LogP contribution < -0.4 is 5.56 Å². The average Bonchev–Trinajstić information content (AvgIpc) is 3.26. The van der Waals surface area contributed by atoms with Gasteiger partial charge in [0.2, 0.25) is 0 Å². The maximum atomic E-state index is 13.6. The summed E-state index contributed by atoms with van der Waals surface area (Å²) >= 11 is 0. The van der Waals surface area contributed by atoms with E-state index >= 15 is 0 Å². The van der Waals surface area contributed by atoms with E-state index in [1.54, 1.807) is 11.0 Å². The van der Waals surface area contributed by atoms with E-state index in [0.717, 1.165) is 22.5 Å². The number of imidazole rings is 1. The molecule has 172 valence electrons. The van der Waals surface area contributed by atoms with E-state index in [1.165, 1.54) is 12.8 Å². The Labute approximate surface area is 196 Å². The quantitative estimate of drug-likeness (QED) is 0.401. The van der Waals surface area contributed by atoms with Gasteiger partial charge in [-0.25, -0.2) is 9.97 Å². The fourth-order valence-electron chi connectivity index (χ4n) is 4.54. The Morgan fingerprint density at radius 1 is 1.12 bits per heavy atom. The number of hydrogen-bond acceptors (Lipinski definition) is 5. The first-order chi connectivity index (χ1) is 16.4. The number of pyridine rings is 1. The fraction of sp³-hybridized carbons (Fsp3) is 0.320. The zero-order valence-corrected chi connectivity index (χ0v) is 19.7. The lowest BCUT2D eigenvalue weighted by atomic mass is 10.1.